The van der Waals surface area contributed by atoms with E-state index < -0.39 is 0 Å². The van der Waals surface area contributed by atoms with Gasteiger partial charge >= 0.3 is 0 Å². The number of para-hydroxylation sites is 1. The third kappa shape index (κ3) is 3.92. The molecule has 1 nitrogen and oxygen atoms in total. The Labute approximate surface area is 133 Å². The fraction of sp³-hybridized carbons (Fsp3) is 0.0952. The average Bonchev–Trinajstić information content (AvgIpc) is 2.57. The van der Waals surface area contributed by atoms with Crippen molar-refractivity contribution in [1.82, 2.24) is 0 Å². The zero-order valence-corrected chi connectivity index (χ0v) is 13.0. The van der Waals surface area contributed by atoms with Gasteiger partial charge in [-0.15, -0.1) is 0 Å². The van der Waals surface area contributed by atoms with Crippen LogP contribution >= 0.6 is 0 Å². The zero-order chi connectivity index (χ0) is 15.8. The minimum atomic E-state index is 0.864. The van der Waals surface area contributed by atoms with E-state index >= 15 is 0 Å². The van der Waals surface area contributed by atoms with Crippen molar-refractivity contribution < 1.29 is 0 Å². The molecule has 110 valence electrons. The molecule has 2 aromatic rings. The van der Waals surface area contributed by atoms with Crippen LogP contribution < -0.4 is 0 Å². The van der Waals surface area contributed by atoms with Gasteiger partial charge in [0.15, 0.2) is 0 Å². The number of allylic oxidation sites excluding steroid dienone is 5. The van der Waals surface area contributed by atoms with Crippen LogP contribution in [0.2, 0.25) is 0 Å². The van der Waals surface area contributed by atoms with Gasteiger partial charge in [0.1, 0.15) is 0 Å². The van der Waals surface area contributed by atoms with Gasteiger partial charge in [0.25, 0.3) is 0 Å². The highest BCUT2D eigenvalue weighted by atomic mass is 14.7. The SMILES string of the molecule is C=C/C=C\C(=C/C)c1ccc(Cc2ccccc2N=C)cc1. The van der Waals surface area contributed by atoms with Gasteiger partial charge in [-0.2, -0.15) is 0 Å². The summed E-state index contributed by atoms with van der Waals surface area (Å²) in [6, 6.07) is 16.8. The number of nitrogens with zero attached hydrogens (tertiary/aromatic N) is 1. The second-order valence-electron chi connectivity index (χ2n) is 5.00. The van der Waals surface area contributed by atoms with Gasteiger partial charge in [0.2, 0.25) is 0 Å². The maximum Gasteiger partial charge on any atom is 0.0657 e. The highest BCUT2D eigenvalue weighted by Gasteiger charge is 2.02. The monoisotopic (exact) mass is 287 g/mol. The summed E-state index contributed by atoms with van der Waals surface area (Å²) in [6.07, 6.45) is 8.78. The first kappa shape index (κ1) is 15.7. The highest BCUT2D eigenvalue weighted by Crippen LogP contribution is 2.23. The number of hydrogen-bond acceptors (Lipinski definition) is 1. The van der Waals surface area contributed by atoms with Gasteiger partial charge in [0.05, 0.1) is 5.69 Å². The number of hydrogen-bond donors (Lipinski definition) is 0. The van der Waals surface area contributed by atoms with Crippen molar-refractivity contribution in [3.05, 3.63) is 96.1 Å². The van der Waals surface area contributed by atoms with E-state index in [4.69, 9.17) is 0 Å². The molecule has 0 N–H and O–H groups in total. The molecule has 2 aromatic carbocycles. The molecular weight excluding hydrogens is 266 g/mol. The first-order chi connectivity index (χ1) is 10.8. The standard InChI is InChI=1S/C21H21N/c1-4-6-9-18(5-2)19-14-12-17(13-15-19)16-20-10-7-8-11-21(20)22-3/h4-15H,1,3,16H2,2H3/b9-6-,18-5+. The van der Waals surface area contributed by atoms with Crippen molar-refractivity contribution in [3.63, 3.8) is 0 Å². The molecule has 0 aliphatic heterocycles. The minimum absolute atomic E-state index is 0.864. The normalized spacial score (nSPS) is 11.6. The van der Waals surface area contributed by atoms with Crippen molar-refractivity contribution in [2.45, 2.75) is 13.3 Å². The topological polar surface area (TPSA) is 12.4 Å². The van der Waals surface area contributed by atoms with E-state index in [2.05, 4.69) is 60.8 Å². The van der Waals surface area contributed by atoms with Gasteiger partial charge < -0.3 is 0 Å². The quantitative estimate of drug-likeness (QED) is 0.473. The van der Waals surface area contributed by atoms with Crippen LogP contribution in [0, 0.1) is 0 Å². The Kier molecular flexibility index (Phi) is 5.67. The van der Waals surface area contributed by atoms with Crippen LogP contribution in [0.5, 0.6) is 0 Å². The molecule has 0 radical (unpaired) electrons. The average molecular weight is 287 g/mol. The van der Waals surface area contributed by atoms with E-state index in [1.807, 2.05) is 31.2 Å². The van der Waals surface area contributed by atoms with Crippen molar-refractivity contribution >= 4 is 18.0 Å². The molecule has 0 heterocycles. The second-order valence-corrected chi connectivity index (χ2v) is 5.00. The van der Waals surface area contributed by atoms with Crippen molar-refractivity contribution in [1.29, 1.82) is 0 Å². The van der Waals surface area contributed by atoms with Gasteiger partial charge in [-0.25, -0.2) is 0 Å². The molecule has 0 spiro atoms. The molecular formula is C21H21N. The Morgan fingerprint density at radius 2 is 1.82 bits per heavy atom. The van der Waals surface area contributed by atoms with Crippen LogP contribution in [-0.2, 0) is 6.42 Å². The summed E-state index contributed by atoms with van der Waals surface area (Å²) in [5, 5.41) is 0. The third-order valence-corrected chi connectivity index (χ3v) is 3.57. The molecule has 22 heavy (non-hydrogen) atoms. The lowest BCUT2D eigenvalue weighted by Gasteiger charge is -2.07. The van der Waals surface area contributed by atoms with Crippen LogP contribution in [-0.4, -0.2) is 6.72 Å². The molecule has 0 aliphatic carbocycles. The number of rotatable bonds is 6. The van der Waals surface area contributed by atoms with Gasteiger partial charge in [-0.1, -0.05) is 73.3 Å². The van der Waals surface area contributed by atoms with Crippen molar-refractivity contribution in [3.8, 4) is 0 Å². The summed E-state index contributed by atoms with van der Waals surface area (Å²) in [6.45, 7) is 9.39. The van der Waals surface area contributed by atoms with E-state index in [0.29, 0.717) is 0 Å². The summed E-state index contributed by atoms with van der Waals surface area (Å²) in [5.74, 6) is 0. The van der Waals surface area contributed by atoms with E-state index in [1.54, 1.807) is 6.08 Å². The van der Waals surface area contributed by atoms with E-state index in [0.717, 1.165) is 12.1 Å². The largest absolute Gasteiger partial charge is 0.264 e. The number of benzene rings is 2. The fourth-order valence-electron chi connectivity index (χ4n) is 2.38. The Balaban J connectivity index is 2.20. The summed E-state index contributed by atoms with van der Waals surface area (Å²) in [7, 11) is 0. The Morgan fingerprint density at radius 3 is 2.45 bits per heavy atom. The van der Waals surface area contributed by atoms with Gasteiger partial charge in [-0.3, -0.25) is 4.99 Å². The van der Waals surface area contributed by atoms with E-state index in [1.165, 1.54) is 22.3 Å². The molecule has 0 bridgehead atoms. The molecule has 0 fully saturated rings. The van der Waals surface area contributed by atoms with E-state index in [9.17, 15) is 0 Å². The molecule has 0 unspecified atom stereocenters. The summed E-state index contributed by atoms with van der Waals surface area (Å²) in [5.41, 5.74) is 5.82. The molecule has 0 aromatic heterocycles. The summed E-state index contributed by atoms with van der Waals surface area (Å²) < 4.78 is 0. The smallest absolute Gasteiger partial charge is 0.0657 e. The molecule has 2 rings (SSSR count). The predicted octanol–water partition coefficient (Wildman–Crippen LogP) is 5.76. The third-order valence-electron chi connectivity index (χ3n) is 3.57. The van der Waals surface area contributed by atoms with Crippen LogP contribution in [0.3, 0.4) is 0 Å². The molecule has 0 saturated carbocycles. The van der Waals surface area contributed by atoms with Crippen LogP contribution in [0.1, 0.15) is 23.6 Å². The predicted molar refractivity (Wildman–Crippen MR) is 97.9 cm³/mol. The second kappa shape index (κ2) is 7.94. The summed E-state index contributed by atoms with van der Waals surface area (Å²) >= 11 is 0. The minimum Gasteiger partial charge on any atom is -0.264 e. The maximum absolute atomic E-state index is 4.08. The Bertz CT molecular complexity index is 703. The lowest BCUT2D eigenvalue weighted by Crippen LogP contribution is -1.90. The van der Waals surface area contributed by atoms with Crippen molar-refractivity contribution in [2.75, 3.05) is 0 Å². The molecule has 0 amide bonds. The van der Waals surface area contributed by atoms with Crippen LogP contribution in [0.4, 0.5) is 5.69 Å². The zero-order valence-electron chi connectivity index (χ0n) is 13.0. The number of aliphatic imine (C=N–C) groups is 1. The fourth-order valence-corrected chi connectivity index (χ4v) is 2.38. The van der Waals surface area contributed by atoms with Gasteiger partial charge in [-0.05, 0) is 48.4 Å². The first-order valence-corrected chi connectivity index (χ1v) is 7.38. The molecule has 1 heteroatoms. The van der Waals surface area contributed by atoms with E-state index in [-0.39, 0.29) is 0 Å². The Hall–Kier alpha value is -2.67. The highest BCUT2D eigenvalue weighted by molar-refractivity contribution is 5.74. The Morgan fingerprint density at radius 1 is 1.09 bits per heavy atom. The van der Waals surface area contributed by atoms with Crippen molar-refractivity contribution in [2.24, 2.45) is 4.99 Å². The maximum atomic E-state index is 4.08. The van der Waals surface area contributed by atoms with Gasteiger partial charge in [0, 0.05) is 0 Å². The molecule has 0 atom stereocenters. The van der Waals surface area contributed by atoms with Crippen LogP contribution in [0.15, 0.2) is 84.4 Å². The molecule has 0 aliphatic rings. The lowest BCUT2D eigenvalue weighted by atomic mass is 9.99. The van der Waals surface area contributed by atoms with Crippen LogP contribution in [0.25, 0.3) is 5.57 Å². The first-order valence-electron chi connectivity index (χ1n) is 7.38. The lowest BCUT2D eigenvalue weighted by molar-refractivity contribution is 1.18. The summed E-state index contributed by atoms with van der Waals surface area (Å²) in [4.78, 5) is 4.08. The molecule has 0 saturated heterocycles.